The van der Waals surface area contributed by atoms with E-state index in [1.807, 2.05) is 6.07 Å². The number of carboxylic acid groups (broad SMARTS) is 1. The lowest BCUT2D eigenvalue weighted by molar-refractivity contribution is -0.137. The number of pyridine rings is 1. The van der Waals surface area contributed by atoms with Gasteiger partial charge in [0.1, 0.15) is 5.82 Å². The monoisotopic (exact) mass is 603 g/mol. The van der Waals surface area contributed by atoms with Crippen molar-refractivity contribution in [2.24, 2.45) is 0 Å². The molecule has 9 nitrogen and oxygen atoms in total. The van der Waals surface area contributed by atoms with Gasteiger partial charge in [-0.2, -0.15) is 13.2 Å². The van der Waals surface area contributed by atoms with Gasteiger partial charge in [0.2, 0.25) is 0 Å². The second-order valence-electron chi connectivity index (χ2n) is 9.21. The topological polar surface area (TPSA) is 133 Å². The maximum Gasteiger partial charge on any atom is 0.416 e. The molecule has 0 bridgehead atoms. The number of carbonyl (C=O) groups excluding carboxylic acids is 1. The number of oxazole rings is 1. The minimum Gasteiger partial charge on any atom is -0.478 e. The highest BCUT2D eigenvalue weighted by Crippen LogP contribution is 2.30. The number of benzene rings is 3. The number of fused-ring (bicyclic) bond motifs is 1. The van der Waals surface area contributed by atoms with Crippen LogP contribution in [0.5, 0.6) is 0 Å². The highest BCUT2D eigenvalue weighted by atomic mass is 19.4. The summed E-state index contributed by atoms with van der Waals surface area (Å²) in [5.74, 6) is -1.91. The van der Waals surface area contributed by atoms with E-state index < -0.39 is 29.4 Å². The molecule has 13 heteroatoms. The van der Waals surface area contributed by atoms with Gasteiger partial charge in [-0.3, -0.25) is 9.78 Å². The number of halogens is 4. The molecule has 0 fully saturated rings. The molecule has 0 aliphatic carbocycles. The van der Waals surface area contributed by atoms with Crippen LogP contribution in [0.15, 0.2) is 108 Å². The van der Waals surface area contributed by atoms with E-state index in [9.17, 15) is 27.2 Å². The number of amides is 1. The quantitative estimate of drug-likeness (QED) is 0.143. The van der Waals surface area contributed by atoms with E-state index in [0.717, 1.165) is 35.2 Å². The zero-order chi connectivity index (χ0) is 31.3. The van der Waals surface area contributed by atoms with Crippen molar-refractivity contribution in [1.29, 1.82) is 0 Å². The third kappa shape index (κ3) is 7.07. The molecule has 3 aromatic heterocycles. The molecule has 1 amide bonds. The van der Waals surface area contributed by atoms with Crippen molar-refractivity contribution in [3.05, 3.63) is 126 Å². The summed E-state index contributed by atoms with van der Waals surface area (Å²) in [4.78, 5) is 33.9. The van der Waals surface area contributed by atoms with E-state index in [-0.39, 0.29) is 23.0 Å². The van der Waals surface area contributed by atoms with E-state index in [1.54, 1.807) is 48.9 Å². The molecule has 0 saturated carbocycles. The van der Waals surface area contributed by atoms with Crippen molar-refractivity contribution in [1.82, 2.24) is 15.0 Å². The Morgan fingerprint density at radius 2 is 1.75 bits per heavy atom. The normalized spacial score (nSPS) is 11.0. The Labute approximate surface area is 246 Å². The van der Waals surface area contributed by atoms with Gasteiger partial charge < -0.3 is 25.1 Å². The van der Waals surface area contributed by atoms with Crippen molar-refractivity contribution < 1.29 is 36.7 Å². The van der Waals surface area contributed by atoms with Gasteiger partial charge in [-0.1, -0.05) is 12.1 Å². The molecule has 0 radical (unpaired) electrons. The molecule has 0 spiro atoms. The molecule has 6 rings (SSSR count). The molecule has 44 heavy (non-hydrogen) atoms. The van der Waals surface area contributed by atoms with E-state index in [2.05, 4.69) is 25.6 Å². The van der Waals surface area contributed by atoms with Gasteiger partial charge in [-0.05, 0) is 72.1 Å². The Bertz CT molecular complexity index is 1940. The van der Waals surface area contributed by atoms with Crippen LogP contribution < -0.4 is 10.6 Å². The number of aromatic nitrogens is 3. The number of nitrogens with one attached hydrogen (secondary N) is 3. The van der Waals surface area contributed by atoms with E-state index in [4.69, 9.17) is 9.52 Å². The minimum atomic E-state index is -4.58. The molecule has 3 aromatic carbocycles. The van der Waals surface area contributed by atoms with Gasteiger partial charge in [0, 0.05) is 40.9 Å². The molecule has 0 atom stereocenters. The Morgan fingerprint density at radius 3 is 2.50 bits per heavy atom. The zero-order valence-corrected chi connectivity index (χ0v) is 22.4. The van der Waals surface area contributed by atoms with Crippen molar-refractivity contribution >= 4 is 40.2 Å². The van der Waals surface area contributed by atoms with Crippen LogP contribution >= 0.6 is 0 Å². The number of carboxylic acids is 1. The predicted molar refractivity (Wildman–Crippen MR) is 154 cm³/mol. The number of rotatable bonds is 6. The number of nitrogens with zero attached hydrogens (tertiary/aromatic N) is 2. The fourth-order valence-electron chi connectivity index (χ4n) is 4.01. The Morgan fingerprint density at radius 1 is 0.909 bits per heavy atom. The minimum absolute atomic E-state index is 0.00380. The predicted octanol–water partition coefficient (Wildman–Crippen LogP) is 7.76. The van der Waals surface area contributed by atoms with Crippen LogP contribution in [0.2, 0.25) is 0 Å². The van der Waals surface area contributed by atoms with E-state index in [0.29, 0.717) is 16.9 Å². The standard InChI is InChI=1S/C22H14F4N4O2.C9H7NO2/c23-17-7-6-16(29-20(31)13-3-1-5-15(9-13)22(24,25)26)10-18(17)30-21-28-12-19(32-21)14-4-2-8-27-11-14;11-9(12)7-2-1-6-3-4-10-8(6)5-7/h1-12H,(H,28,30)(H,29,31);1-5,10H,(H,11,12). The molecule has 4 N–H and O–H groups in total. The highest BCUT2D eigenvalue weighted by molar-refractivity contribution is 6.04. The number of anilines is 3. The van der Waals surface area contributed by atoms with Crippen LogP contribution in [0.4, 0.5) is 35.0 Å². The molecular formula is C31H21F4N5O4. The van der Waals surface area contributed by atoms with Crippen LogP contribution in [0.3, 0.4) is 0 Å². The van der Waals surface area contributed by atoms with Gasteiger partial charge in [-0.25, -0.2) is 14.2 Å². The fraction of sp³-hybridized carbons (Fsp3) is 0.0323. The van der Waals surface area contributed by atoms with Gasteiger partial charge >= 0.3 is 12.1 Å². The third-order valence-electron chi connectivity index (χ3n) is 6.17. The number of carbonyl (C=O) groups is 2. The summed E-state index contributed by atoms with van der Waals surface area (Å²) in [6.07, 6.45) is 1.84. The average Bonchev–Trinajstić information content (AvgIpc) is 3.69. The molecule has 222 valence electrons. The summed E-state index contributed by atoms with van der Waals surface area (Å²) >= 11 is 0. The highest BCUT2D eigenvalue weighted by Gasteiger charge is 2.31. The number of H-pyrrole nitrogens is 1. The van der Waals surface area contributed by atoms with Crippen molar-refractivity contribution in [2.75, 3.05) is 10.6 Å². The van der Waals surface area contributed by atoms with Crippen LogP contribution in [-0.2, 0) is 6.18 Å². The summed E-state index contributed by atoms with van der Waals surface area (Å²) in [6, 6.07) is 18.0. The largest absolute Gasteiger partial charge is 0.478 e. The Kier molecular flexibility index (Phi) is 8.37. The maximum atomic E-state index is 14.2. The van der Waals surface area contributed by atoms with Crippen molar-refractivity contribution in [2.45, 2.75) is 6.18 Å². The summed E-state index contributed by atoms with van der Waals surface area (Å²) in [7, 11) is 0. The zero-order valence-electron chi connectivity index (χ0n) is 22.4. The van der Waals surface area contributed by atoms with Crippen LogP contribution in [0.1, 0.15) is 26.3 Å². The first-order chi connectivity index (χ1) is 21.1. The number of alkyl halides is 3. The van der Waals surface area contributed by atoms with Gasteiger partial charge in [0.25, 0.3) is 11.9 Å². The number of aromatic carboxylic acids is 1. The smallest absolute Gasteiger partial charge is 0.416 e. The van der Waals surface area contributed by atoms with Crippen molar-refractivity contribution in [3.8, 4) is 11.3 Å². The average molecular weight is 604 g/mol. The summed E-state index contributed by atoms with van der Waals surface area (Å²) in [5, 5.41) is 14.8. The molecular weight excluding hydrogens is 582 g/mol. The molecule has 6 aromatic rings. The maximum absolute atomic E-state index is 14.2. The van der Waals surface area contributed by atoms with Gasteiger partial charge in [0.05, 0.1) is 23.0 Å². The number of hydrogen-bond acceptors (Lipinski definition) is 6. The third-order valence-corrected chi connectivity index (χ3v) is 6.17. The second-order valence-corrected chi connectivity index (χ2v) is 9.21. The summed E-state index contributed by atoms with van der Waals surface area (Å²) in [6.45, 7) is 0. The van der Waals surface area contributed by atoms with Crippen LogP contribution in [0, 0.1) is 5.82 Å². The first-order valence-corrected chi connectivity index (χ1v) is 12.8. The molecule has 0 aliphatic rings. The van der Waals surface area contributed by atoms with E-state index in [1.165, 1.54) is 24.4 Å². The van der Waals surface area contributed by atoms with Crippen molar-refractivity contribution in [3.63, 3.8) is 0 Å². The Balaban J connectivity index is 0.000000266. The van der Waals surface area contributed by atoms with Gasteiger partial charge in [0.15, 0.2) is 5.76 Å². The second kappa shape index (κ2) is 12.5. The lowest BCUT2D eigenvalue weighted by atomic mass is 10.1. The first-order valence-electron chi connectivity index (χ1n) is 12.8. The summed E-state index contributed by atoms with van der Waals surface area (Å²) in [5.41, 5.74) is 0.824. The van der Waals surface area contributed by atoms with E-state index >= 15 is 0 Å². The van der Waals surface area contributed by atoms with Crippen LogP contribution in [-0.4, -0.2) is 31.9 Å². The molecule has 0 aliphatic heterocycles. The first kappa shape index (κ1) is 29.5. The lowest BCUT2D eigenvalue weighted by Gasteiger charge is -2.11. The number of aromatic amines is 1. The molecule has 0 unspecified atom stereocenters. The SMILES string of the molecule is O=C(Nc1ccc(F)c(Nc2ncc(-c3cccnc3)o2)c1)c1cccc(C(F)(F)F)c1.O=C(O)c1ccc2cc[nH]c2c1. The lowest BCUT2D eigenvalue weighted by Crippen LogP contribution is -2.14. The Hall–Kier alpha value is -5.98. The van der Waals surface area contributed by atoms with Crippen LogP contribution in [0.25, 0.3) is 22.2 Å². The fourth-order valence-corrected chi connectivity index (χ4v) is 4.01. The van der Waals surface area contributed by atoms with Gasteiger partial charge in [-0.15, -0.1) is 0 Å². The number of hydrogen-bond donors (Lipinski definition) is 4. The summed E-state index contributed by atoms with van der Waals surface area (Å²) < 4.78 is 58.4. The molecule has 0 saturated heterocycles. The molecule has 3 heterocycles.